The van der Waals surface area contributed by atoms with Crippen LogP contribution in [0, 0.1) is 5.92 Å². The van der Waals surface area contributed by atoms with Gasteiger partial charge in [-0.3, -0.25) is 0 Å². The molecule has 0 fully saturated rings. The predicted molar refractivity (Wildman–Crippen MR) is 72.8 cm³/mol. The first-order valence-corrected chi connectivity index (χ1v) is 8.24. The van der Waals surface area contributed by atoms with Crippen LogP contribution in [0.15, 0.2) is 34.1 Å². The van der Waals surface area contributed by atoms with Crippen molar-refractivity contribution in [3.05, 3.63) is 24.3 Å². The van der Waals surface area contributed by atoms with Crippen LogP contribution in [-0.2, 0) is 10.0 Å². The zero-order valence-corrected chi connectivity index (χ0v) is 12.2. The first kappa shape index (κ1) is 14.5. The molecule has 0 amide bonds. The Morgan fingerprint density at radius 1 is 1.12 bits per heavy atom. The predicted octanol–water partition coefficient (Wildman–Crippen LogP) is 2.73. The number of sulfonamides is 1. The molecule has 0 aliphatic carbocycles. The van der Waals surface area contributed by atoms with Gasteiger partial charge in [-0.15, -0.1) is 11.8 Å². The van der Waals surface area contributed by atoms with Crippen LogP contribution in [0.4, 0.5) is 0 Å². The van der Waals surface area contributed by atoms with Gasteiger partial charge in [-0.05, 0) is 43.4 Å². The third-order valence-electron chi connectivity index (χ3n) is 2.71. The molecule has 0 aromatic heterocycles. The highest BCUT2D eigenvalue weighted by Gasteiger charge is 2.18. The number of rotatable bonds is 5. The van der Waals surface area contributed by atoms with Crippen LogP contribution in [-0.4, -0.2) is 20.7 Å². The van der Waals surface area contributed by atoms with E-state index in [0.717, 1.165) is 4.90 Å². The molecule has 1 unspecified atom stereocenters. The van der Waals surface area contributed by atoms with E-state index in [4.69, 9.17) is 0 Å². The highest BCUT2D eigenvalue weighted by atomic mass is 32.2. The Kier molecular flexibility index (Phi) is 5.04. The van der Waals surface area contributed by atoms with Gasteiger partial charge in [-0.25, -0.2) is 13.1 Å². The first-order valence-electron chi connectivity index (χ1n) is 5.53. The molecule has 0 saturated carbocycles. The van der Waals surface area contributed by atoms with E-state index in [1.807, 2.05) is 39.2 Å². The van der Waals surface area contributed by atoms with Gasteiger partial charge in [-0.2, -0.15) is 0 Å². The lowest BCUT2D eigenvalue weighted by atomic mass is 10.1. The summed E-state index contributed by atoms with van der Waals surface area (Å²) in [7, 11) is -3.39. The molecule has 1 aromatic carbocycles. The van der Waals surface area contributed by atoms with E-state index in [-0.39, 0.29) is 12.0 Å². The summed E-state index contributed by atoms with van der Waals surface area (Å²) in [4.78, 5) is 1.38. The first-order chi connectivity index (χ1) is 7.86. The zero-order valence-electron chi connectivity index (χ0n) is 10.6. The van der Waals surface area contributed by atoms with Crippen LogP contribution in [0.5, 0.6) is 0 Å². The molecule has 0 heterocycles. The largest absolute Gasteiger partial charge is 0.240 e. The minimum absolute atomic E-state index is 0.0692. The van der Waals surface area contributed by atoms with E-state index in [0.29, 0.717) is 4.90 Å². The van der Waals surface area contributed by atoms with Crippen molar-refractivity contribution in [1.29, 1.82) is 0 Å². The van der Waals surface area contributed by atoms with Gasteiger partial charge in [-0.1, -0.05) is 13.8 Å². The standard InChI is InChI=1S/C12H19NO2S2/c1-9(2)10(3)13-17(14,15)12-7-5-11(16-4)6-8-12/h5-10,13H,1-4H3. The van der Waals surface area contributed by atoms with Gasteiger partial charge in [0.2, 0.25) is 10.0 Å². The smallest absolute Gasteiger partial charge is 0.208 e. The Morgan fingerprint density at radius 3 is 2.06 bits per heavy atom. The van der Waals surface area contributed by atoms with E-state index in [1.54, 1.807) is 23.9 Å². The average molecular weight is 273 g/mol. The van der Waals surface area contributed by atoms with Gasteiger partial charge < -0.3 is 0 Å². The molecule has 1 aromatic rings. The fourth-order valence-electron chi connectivity index (χ4n) is 1.20. The van der Waals surface area contributed by atoms with E-state index in [1.165, 1.54) is 0 Å². The summed E-state index contributed by atoms with van der Waals surface area (Å²) in [5, 5.41) is 0. The number of hydrogen-bond donors (Lipinski definition) is 1. The van der Waals surface area contributed by atoms with Gasteiger partial charge >= 0.3 is 0 Å². The molecular weight excluding hydrogens is 254 g/mol. The summed E-state index contributed by atoms with van der Waals surface area (Å²) in [6.45, 7) is 5.85. The minimum Gasteiger partial charge on any atom is -0.208 e. The molecule has 5 heteroatoms. The summed E-state index contributed by atoms with van der Waals surface area (Å²) in [5.41, 5.74) is 0. The molecule has 0 radical (unpaired) electrons. The Hall–Kier alpha value is -0.520. The minimum atomic E-state index is -3.39. The van der Waals surface area contributed by atoms with E-state index in [9.17, 15) is 8.42 Å². The lowest BCUT2D eigenvalue weighted by Gasteiger charge is -2.17. The fraction of sp³-hybridized carbons (Fsp3) is 0.500. The van der Waals surface area contributed by atoms with Crippen LogP contribution in [0.3, 0.4) is 0 Å². The molecule has 0 spiro atoms. The van der Waals surface area contributed by atoms with Gasteiger partial charge in [0.15, 0.2) is 0 Å². The Morgan fingerprint density at radius 2 is 1.65 bits per heavy atom. The van der Waals surface area contributed by atoms with Crippen molar-refractivity contribution < 1.29 is 8.42 Å². The van der Waals surface area contributed by atoms with Crippen molar-refractivity contribution in [2.45, 2.75) is 36.6 Å². The van der Waals surface area contributed by atoms with Crippen molar-refractivity contribution >= 4 is 21.8 Å². The summed E-state index contributed by atoms with van der Waals surface area (Å²) in [5.74, 6) is 0.273. The van der Waals surface area contributed by atoms with Crippen molar-refractivity contribution in [3.63, 3.8) is 0 Å². The molecule has 1 atom stereocenters. The SMILES string of the molecule is CSc1ccc(S(=O)(=O)NC(C)C(C)C)cc1. The molecule has 0 aliphatic rings. The Bertz CT molecular complexity index is 452. The molecule has 96 valence electrons. The van der Waals surface area contributed by atoms with Crippen LogP contribution < -0.4 is 4.72 Å². The molecule has 0 bridgehead atoms. The normalized spacial score (nSPS) is 13.9. The van der Waals surface area contributed by atoms with E-state index in [2.05, 4.69) is 4.72 Å². The molecule has 1 N–H and O–H groups in total. The zero-order chi connectivity index (χ0) is 13.1. The number of nitrogens with one attached hydrogen (secondary N) is 1. The molecular formula is C12H19NO2S2. The van der Waals surface area contributed by atoms with Gasteiger partial charge in [0, 0.05) is 10.9 Å². The maximum atomic E-state index is 12.0. The van der Waals surface area contributed by atoms with E-state index < -0.39 is 10.0 Å². The number of thioether (sulfide) groups is 1. The Labute approximate surface area is 108 Å². The fourth-order valence-corrected chi connectivity index (χ4v) is 3.00. The maximum absolute atomic E-state index is 12.0. The van der Waals surface area contributed by atoms with Crippen LogP contribution >= 0.6 is 11.8 Å². The van der Waals surface area contributed by atoms with E-state index >= 15 is 0 Å². The second-order valence-corrected chi connectivity index (χ2v) is 6.92. The summed E-state index contributed by atoms with van der Waals surface area (Å²) in [6.07, 6.45) is 1.96. The molecule has 1 rings (SSSR count). The highest BCUT2D eigenvalue weighted by Crippen LogP contribution is 2.18. The quantitative estimate of drug-likeness (QED) is 0.839. The van der Waals surface area contributed by atoms with Gasteiger partial charge in [0.05, 0.1) is 4.90 Å². The maximum Gasteiger partial charge on any atom is 0.240 e. The summed E-state index contributed by atoms with van der Waals surface area (Å²) >= 11 is 1.59. The van der Waals surface area contributed by atoms with Crippen LogP contribution in [0.25, 0.3) is 0 Å². The second-order valence-electron chi connectivity index (χ2n) is 4.33. The number of benzene rings is 1. The third-order valence-corrected chi connectivity index (χ3v) is 5.03. The van der Waals surface area contributed by atoms with Gasteiger partial charge in [0.25, 0.3) is 0 Å². The van der Waals surface area contributed by atoms with Crippen LogP contribution in [0.2, 0.25) is 0 Å². The Balaban J connectivity index is 2.89. The summed E-state index contributed by atoms with van der Waals surface area (Å²) in [6, 6.07) is 6.85. The van der Waals surface area contributed by atoms with Crippen molar-refractivity contribution in [2.75, 3.05) is 6.26 Å². The molecule has 0 saturated heterocycles. The lowest BCUT2D eigenvalue weighted by molar-refractivity contribution is 0.476. The van der Waals surface area contributed by atoms with Crippen LogP contribution in [0.1, 0.15) is 20.8 Å². The van der Waals surface area contributed by atoms with Gasteiger partial charge in [0.1, 0.15) is 0 Å². The van der Waals surface area contributed by atoms with Crippen molar-refractivity contribution in [3.8, 4) is 0 Å². The van der Waals surface area contributed by atoms with Crippen molar-refractivity contribution in [2.24, 2.45) is 5.92 Å². The topological polar surface area (TPSA) is 46.2 Å². The average Bonchev–Trinajstić information content (AvgIpc) is 2.28. The second kappa shape index (κ2) is 5.89. The highest BCUT2D eigenvalue weighted by molar-refractivity contribution is 7.98. The monoisotopic (exact) mass is 273 g/mol. The molecule has 17 heavy (non-hydrogen) atoms. The number of hydrogen-bond acceptors (Lipinski definition) is 3. The lowest BCUT2D eigenvalue weighted by Crippen LogP contribution is -2.36. The molecule has 0 aliphatic heterocycles. The summed E-state index contributed by atoms with van der Waals surface area (Å²) < 4.78 is 26.7. The third kappa shape index (κ3) is 4.01. The molecule has 3 nitrogen and oxygen atoms in total. The van der Waals surface area contributed by atoms with Crippen molar-refractivity contribution in [1.82, 2.24) is 4.72 Å².